The zero-order valence-electron chi connectivity index (χ0n) is 18.1. The van der Waals surface area contributed by atoms with E-state index in [1.807, 2.05) is 42.5 Å². The van der Waals surface area contributed by atoms with Gasteiger partial charge in [-0.05, 0) is 67.5 Å². The number of hydrogen-bond donors (Lipinski definition) is 0. The summed E-state index contributed by atoms with van der Waals surface area (Å²) in [5.41, 5.74) is 3.17. The third-order valence-corrected chi connectivity index (χ3v) is 6.02. The van der Waals surface area contributed by atoms with Crippen LogP contribution in [-0.2, 0) is 9.53 Å². The van der Waals surface area contributed by atoms with Crippen LogP contribution < -0.4 is 9.47 Å². The minimum absolute atomic E-state index is 0.140. The Morgan fingerprint density at radius 3 is 2.26 bits per heavy atom. The molecule has 0 spiro atoms. The van der Waals surface area contributed by atoms with Crippen LogP contribution >= 0.6 is 0 Å². The molecular weight excluding hydrogens is 388 g/mol. The number of allylic oxidation sites excluding steroid dienone is 3. The number of hydrogen-bond acceptors (Lipinski definition) is 4. The molecule has 2 aliphatic rings. The van der Waals surface area contributed by atoms with Crippen molar-refractivity contribution in [1.82, 2.24) is 0 Å². The first-order valence-corrected chi connectivity index (χ1v) is 11.2. The first kappa shape index (κ1) is 21.2. The molecule has 0 amide bonds. The van der Waals surface area contributed by atoms with Gasteiger partial charge in [0.2, 0.25) is 0 Å². The van der Waals surface area contributed by atoms with E-state index in [2.05, 4.69) is 24.3 Å². The van der Waals surface area contributed by atoms with Crippen LogP contribution in [0.2, 0.25) is 0 Å². The van der Waals surface area contributed by atoms with Gasteiger partial charge in [0.15, 0.2) is 0 Å². The predicted octanol–water partition coefficient (Wildman–Crippen LogP) is 5.84. The van der Waals surface area contributed by atoms with Crippen molar-refractivity contribution in [2.75, 3.05) is 20.3 Å². The standard InChI is InChI=1S/C27H30O4/c1-29-23-13-15-24(16-14-23)30-17-7-2-3-8-18-31-27(28)26-22-12-11-21(19-22)25(26)20-9-5-4-6-10-20/h4-6,9-16,21-22H,2-3,7-8,17-19H2,1H3. The van der Waals surface area contributed by atoms with Crippen molar-refractivity contribution in [1.29, 1.82) is 0 Å². The Morgan fingerprint density at radius 2 is 1.52 bits per heavy atom. The van der Waals surface area contributed by atoms with Crippen molar-refractivity contribution >= 4 is 11.5 Å². The first-order valence-electron chi connectivity index (χ1n) is 11.2. The number of carbonyl (C=O) groups is 1. The van der Waals surface area contributed by atoms with Crippen LogP contribution in [0, 0.1) is 11.8 Å². The summed E-state index contributed by atoms with van der Waals surface area (Å²) in [5, 5.41) is 0. The first-order chi connectivity index (χ1) is 15.3. The van der Waals surface area contributed by atoms with E-state index in [9.17, 15) is 4.79 Å². The number of esters is 1. The molecule has 0 saturated heterocycles. The second kappa shape index (κ2) is 10.3. The molecule has 0 aromatic heterocycles. The molecule has 4 rings (SSSR count). The van der Waals surface area contributed by atoms with Crippen molar-refractivity contribution in [2.45, 2.75) is 32.1 Å². The SMILES string of the molecule is COc1ccc(OCCCCCCOC(=O)C2=C(c3ccccc3)C3C=CC2C3)cc1. The number of carbonyl (C=O) groups excluding carboxylic acids is 1. The van der Waals surface area contributed by atoms with Crippen molar-refractivity contribution in [3.05, 3.63) is 77.9 Å². The summed E-state index contributed by atoms with van der Waals surface area (Å²) in [6, 6.07) is 17.9. The predicted molar refractivity (Wildman–Crippen MR) is 122 cm³/mol. The molecule has 0 fully saturated rings. The maximum absolute atomic E-state index is 12.8. The number of methoxy groups -OCH3 is 1. The molecule has 4 nitrogen and oxygen atoms in total. The molecule has 2 bridgehead atoms. The van der Waals surface area contributed by atoms with Crippen LogP contribution in [0.25, 0.3) is 5.57 Å². The summed E-state index contributed by atoms with van der Waals surface area (Å²) in [6.45, 7) is 1.17. The van der Waals surface area contributed by atoms with Gasteiger partial charge < -0.3 is 14.2 Å². The smallest absolute Gasteiger partial charge is 0.334 e. The molecular formula is C27H30O4. The van der Waals surface area contributed by atoms with Gasteiger partial charge in [-0.3, -0.25) is 0 Å². The molecule has 4 heteroatoms. The van der Waals surface area contributed by atoms with Crippen LogP contribution in [0.3, 0.4) is 0 Å². The van der Waals surface area contributed by atoms with Crippen LogP contribution in [0.5, 0.6) is 11.5 Å². The van der Waals surface area contributed by atoms with Gasteiger partial charge in [0.1, 0.15) is 11.5 Å². The lowest BCUT2D eigenvalue weighted by atomic mass is 9.91. The van der Waals surface area contributed by atoms with Crippen molar-refractivity contribution < 1.29 is 19.0 Å². The van der Waals surface area contributed by atoms with E-state index in [4.69, 9.17) is 14.2 Å². The van der Waals surface area contributed by atoms with E-state index in [1.54, 1.807) is 7.11 Å². The van der Waals surface area contributed by atoms with E-state index in [-0.39, 0.29) is 11.9 Å². The molecule has 0 heterocycles. The average molecular weight is 419 g/mol. The molecule has 31 heavy (non-hydrogen) atoms. The van der Waals surface area contributed by atoms with E-state index in [1.165, 1.54) is 0 Å². The Balaban J connectivity index is 1.16. The Kier molecular flexibility index (Phi) is 7.08. The summed E-state index contributed by atoms with van der Waals surface area (Å²) in [6.07, 6.45) is 9.34. The van der Waals surface area contributed by atoms with Crippen molar-refractivity contribution in [3.63, 3.8) is 0 Å². The lowest BCUT2D eigenvalue weighted by Crippen LogP contribution is -2.14. The minimum atomic E-state index is -0.140. The fourth-order valence-corrected chi connectivity index (χ4v) is 4.44. The van der Waals surface area contributed by atoms with E-state index < -0.39 is 0 Å². The quantitative estimate of drug-likeness (QED) is 0.261. The monoisotopic (exact) mass is 418 g/mol. The Labute approximate surface area is 184 Å². The summed E-state index contributed by atoms with van der Waals surface area (Å²) in [4.78, 5) is 12.8. The number of fused-ring (bicyclic) bond motifs is 2. The van der Waals surface area contributed by atoms with Crippen LogP contribution in [0.4, 0.5) is 0 Å². The molecule has 0 saturated carbocycles. The number of rotatable bonds is 11. The molecule has 0 aliphatic heterocycles. The Morgan fingerprint density at radius 1 is 0.839 bits per heavy atom. The number of unbranched alkanes of at least 4 members (excludes halogenated alkanes) is 3. The summed E-state index contributed by atoms with van der Waals surface area (Å²) in [7, 11) is 1.65. The molecule has 2 atom stereocenters. The third-order valence-electron chi connectivity index (χ3n) is 6.02. The van der Waals surface area contributed by atoms with Gasteiger partial charge in [-0.2, -0.15) is 0 Å². The lowest BCUT2D eigenvalue weighted by Gasteiger charge is -2.16. The number of benzene rings is 2. The molecule has 0 radical (unpaired) electrons. The van der Waals surface area contributed by atoms with Gasteiger partial charge in [-0.15, -0.1) is 0 Å². The second-order valence-corrected chi connectivity index (χ2v) is 8.10. The lowest BCUT2D eigenvalue weighted by molar-refractivity contribution is -0.139. The highest BCUT2D eigenvalue weighted by molar-refractivity contribution is 6.01. The van der Waals surface area contributed by atoms with Crippen LogP contribution in [0.15, 0.2) is 72.3 Å². The van der Waals surface area contributed by atoms with E-state index in [0.717, 1.165) is 60.3 Å². The highest BCUT2D eigenvalue weighted by Gasteiger charge is 2.39. The van der Waals surface area contributed by atoms with Gasteiger partial charge in [0.05, 0.1) is 20.3 Å². The van der Waals surface area contributed by atoms with Gasteiger partial charge in [-0.1, -0.05) is 42.5 Å². The van der Waals surface area contributed by atoms with Gasteiger partial charge in [0, 0.05) is 17.4 Å². The Hall–Kier alpha value is -3.01. The van der Waals surface area contributed by atoms with Crippen LogP contribution in [0.1, 0.15) is 37.7 Å². The minimum Gasteiger partial charge on any atom is -0.497 e. The summed E-state index contributed by atoms with van der Waals surface area (Å²) < 4.78 is 16.5. The fraction of sp³-hybridized carbons (Fsp3) is 0.370. The van der Waals surface area contributed by atoms with Gasteiger partial charge >= 0.3 is 5.97 Å². The average Bonchev–Trinajstić information content (AvgIpc) is 3.43. The maximum atomic E-state index is 12.8. The number of ether oxygens (including phenoxy) is 3. The molecule has 2 aliphatic carbocycles. The van der Waals surface area contributed by atoms with E-state index in [0.29, 0.717) is 19.1 Å². The highest BCUT2D eigenvalue weighted by Crippen LogP contribution is 2.48. The molecule has 2 aromatic carbocycles. The van der Waals surface area contributed by atoms with Gasteiger partial charge in [-0.25, -0.2) is 4.79 Å². The molecule has 0 N–H and O–H groups in total. The topological polar surface area (TPSA) is 44.8 Å². The zero-order chi connectivity index (χ0) is 21.5. The molecule has 162 valence electrons. The molecule has 2 aromatic rings. The maximum Gasteiger partial charge on any atom is 0.334 e. The normalized spacial score (nSPS) is 19.0. The van der Waals surface area contributed by atoms with Crippen LogP contribution in [-0.4, -0.2) is 26.3 Å². The van der Waals surface area contributed by atoms with Gasteiger partial charge in [0.25, 0.3) is 0 Å². The van der Waals surface area contributed by atoms with E-state index >= 15 is 0 Å². The Bertz CT molecular complexity index is 927. The van der Waals surface area contributed by atoms with Crippen molar-refractivity contribution in [3.8, 4) is 11.5 Å². The summed E-state index contributed by atoms with van der Waals surface area (Å²) in [5.74, 6) is 2.11. The molecule has 2 unspecified atom stereocenters. The zero-order valence-corrected chi connectivity index (χ0v) is 18.1. The summed E-state index contributed by atoms with van der Waals surface area (Å²) >= 11 is 0. The fourth-order valence-electron chi connectivity index (χ4n) is 4.44. The van der Waals surface area contributed by atoms with Crippen molar-refractivity contribution in [2.24, 2.45) is 11.8 Å². The second-order valence-electron chi connectivity index (χ2n) is 8.10. The highest BCUT2D eigenvalue weighted by atomic mass is 16.5. The largest absolute Gasteiger partial charge is 0.497 e. The third kappa shape index (κ3) is 5.19.